The molecule has 6 nitrogen and oxygen atoms in total. The topological polar surface area (TPSA) is 104 Å². The van der Waals surface area contributed by atoms with Crippen molar-refractivity contribution < 1.29 is 29.6 Å². The third-order valence-corrected chi connectivity index (χ3v) is 1.92. The van der Waals surface area contributed by atoms with Gasteiger partial charge in [-0.1, -0.05) is 6.07 Å². The first kappa shape index (κ1) is 12.6. The van der Waals surface area contributed by atoms with E-state index in [0.717, 1.165) is 0 Å². The number of para-hydroxylation sites is 1. The monoisotopic (exact) mass is 238 g/mol. The van der Waals surface area contributed by atoms with E-state index in [1.165, 1.54) is 31.2 Å². The molecule has 3 N–H and O–H groups in total. The van der Waals surface area contributed by atoms with Gasteiger partial charge in [-0.25, -0.2) is 9.59 Å². The molecule has 0 unspecified atom stereocenters. The average Bonchev–Trinajstić information content (AvgIpc) is 2.26. The summed E-state index contributed by atoms with van der Waals surface area (Å²) in [5.41, 5.74) is -0.358. The molecule has 1 aromatic carbocycles. The Labute approximate surface area is 96.4 Å². The van der Waals surface area contributed by atoms with Gasteiger partial charge in [-0.3, -0.25) is 0 Å². The molecule has 0 atom stereocenters. The third-order valence-electron chi connectivity index (χ3n) is 1.92. The number of aromatic carboxylic acids is 1. The Morgan fingerprint density at radius 3 is 2.41 bits per heavy atom. The van der Waals surface area contributed by atoms with Crippen molar-refractivity contribution in [2.75, 3.05) is 0 Å². The number of rotatable bonds is 4. The van der Waals surface area contributed by atoms with E-state index in [4.69, 9.17) is 14.9 Å². The van der Waals surface area contributed by atoms with Crippen molar-refractivity contribution in [1.29, 1.82) is 0 Å². The smallest absolute Gasteiger partial charge is 0.371 e. The number of carboxylic acids is 2. The number of hydrogen-bond donors (Lipinski definition) is 3. The molecule has 90 valence electrons. The molecule has 0 aliphatic rings. The van der Waals surface area contributed by atoms with Crippen LogP contribution in [0.25, 0.3) is 0 Å². The first-order chi connectivity index (χ1) is 7.97. The highest BCUT2D eigenvalue weighted by molar-refractivity contribution is 5.92. The van der Waals surface area contributed by atoms with E-state index in [2.05, 4.69) is 0 Å². The van der Waals surface area contributed by atoms with Crippen LogP contribution >= 0.6 is 0 Å². The molecule has 1 rings (SSSR count). The quantitative estimate of drug-likeness (QED) is 0.541. The highest BCUT2D eigenvalue weighted by atomic mass is 16.5. The highest BCUT2D eigenvalue weighted by Gasteiger charge is 2.17. The van der Waals surface area contributed by atoms with Gasteiger partial charge in [0.05, 0.1) is 0 Å². The average molecular weight is 238 g/mol. The van der Waals surface area contributed by atoms with Crippen LogP contribution in [0.4, 0.5) is 0 Å². The van der Waals surface area contributed by atoms with Crippen LogP contribution < -0.4 is 4.74 Å². The number of phenols is 1. The molecule has 6 heteroatoms. The summed E-state index contributed by atoms with van der Waals surface area (Å²) in [6, 6.07) is 3.79. The van der Waals surface area contributed by atoms with Gasteiger partial charge in [0.25, 0.3) is 0 Å². The number of aliphatic carboxylic acids is 1. The molecule has 0 spiro atoms. The molecule has 0 radical (unpaired) electrons. The van der Waals surface area contributed by atoms with E-state index >= 15 is 0 Å². The zero-order chi connectivity index (χ0) is 13.0. The van der Waals surface area contributed by atoms with E-state index in [9.17, 15) is 14.7 Å². The van der Waals surface area contributed by atoms with Crippen LogP contribution in [0.1, 0.15) is 17.3 Å². The Kier molecular flexibility index (Phi) is 3.71. The van der Waals surface area contributed by atoms with Gasteiger partial charge < -0.3 is 20.1 Å². The second kappa shape index (κ2) is 5.02. The molecule has 0 saturated heterocycles. The molecule has 0 aliphatic carbocycles. The van der Waals surface area contributed by atoms with E-state index in [-0.39, 0.29) is 11.3 Å². The van der Waals surface area contributed by atoms with Gasteiger partial charge in [0.2, 0.25) is 5.76 Å². The van der Waals surface area contributed by atoms with Gasteiger partial charge in [-0.2, -0.15) is 0 Å². The molecule has 0 aliphatic heterocycles. The number of hydrogen-bond acceptors (Lipinski definition) is 4. The van der Waals surface area contributed by atoms with E-state index < -0.39 is 23.4 Å². The lowest BCUT2D eigenvalue weighted by molar-refractivity contribution is -0.135. The number of carbonyl (C=O) groups is 2. The van der Waals surface area contributed by atoms with Crippen LogP contribution in [0, 0.1) is 0 Å². The van der Waals surface area contributed by atoms with Crippen molar-refractivity contribution in [1.82, 2.24) is 0 Å². The lowest BCUT2D eigenvalue weighted by atomic mass is 10.2. The number of benzene rings is 1. The molecular weight excluding hydrogens is 228 g/mol. The Hall–Kier alpha value is -2.50. The lowest BCUT2D eigenvalue weighted by Crippen LogP contribution is -2.08. The summed E-state index contributed by atoms with van der Waals surface area (Å²) in [5.74, 6) is -3.87. The standard InChI is InChI=1S/C11H10O6/c1-2-7(11(15)16)17-8-5-3-4-6(9(8)12)10(13)14/h2-5,12H,1H3,(H,13,14)(H,15,16)/b7-2-. The van der Waals surface area contributed by atoms with E-state index in [1.54, 1.807) is 0 Å². The minimum absolute atomic E-state index is 0.222. The number of ether oxygens (including phenoxy) is 1. The summed E-state index contributed by atoms with van der Waals surface area (Å²) in [5, 5.41) is 27.0. The Morgan fingerprint density at radius 1 is 1.29 bits per heavy atom. The fraction of sp³-hybridized carbons (Fsp3) is 0.0909. The van der Waals surface area contributed by atoms with Gasteiger partial charge in [0, 0.05) is 0 Å². The molecule has 0 heterocycles. The predicted octanol–water partition coefficient (Wildman–Crippen LogP) is 1.46. The second-order valence-electron chi connectivity index (χ2n) is 3.02. The maximum atomic E-state index is 10.7. The zero-order valence-corrected chi connectivity index (χ0v) is 8.88. The van der Waals surface area contributed by atoms with Crippen molar-refractivity contribution in [2.45, 2.75) is 6.92 Å². The van der Waals surface area contributed by atoms with E-state index in [1.807, 2.05) is 0 Å². The van der Waals surface area contributed by atoms with E-state index in [0.29, 0.717) is 0 Å². The van der Waals surface area contributed by atoms with Crippen LogP contribution in [0.3, 0.4) is 0 Å². The fourth-order valence-electron chi connectivity index (χ4n) is 1.12. The van der Waals surface area contributed by atoms with Gasteiger partial charge in [0.15, 0.2) is 11.5 Å². The first-order valence-electron chi connectivity index (χ1n) is 4.60. The first-order valence-corrected chi connectivity index (χ1v) is 4.60. The van der Waals surface area contributed by atoms with Crippen LogP contribution in [0.5, 0.6) is 11.5 Å². The minimum atomic E-state index is -1.33. The molecule has 17 heavy (non-hydrogen) atoms. The van der Waals surface area contributed by atoms with Crippen molar-refractivity contribution >= 4 is 11.9 Å². The van der Waals surface area contributed by atoms with Crippen molar-refractivity contribution in [3.8, 4) is 11.5 Å². The van der Waals surface area contributed by atoms with Gasteiger partial charge >= 0.3 is 11.9 Å². The molecular formula is C11H10O6. The van der Waals surface area contributed by atoms with Crippen molar-refractivity contribution in [2.24, 2.45) is 0 Å². The van der Waals surface area contributed by atoms with Crippen molar-refractivity contribution in [3.05, 3.63) is 35.6 Å². The van der Waals surface area contributed by atoms with Gasteiger partial charge in [0.1, 0.15) is 5.56 Å². The maximum Gasteiger partial charge on any atom is 0.371 e. The zero-order valence-electron chi connectivity index (χ0n) is 8.88. The molecule has 0 saturated carbocycles. The fourth-order valence-corrected chi connectivity index (χ4v) is 1.12. The Balaban J connectivity index is 3.12. The summed E-state index contributed by atoms with van der Waals surface area (Å²) >= 11 is 0. The molecule has 0 fully saturated rings. The normalized spacial score (nSPS) is 11.0. The largest absolute Gasteiger partial charge is 0.504 e. The van der Waals surface area contributed by atoms with Gasteiger partial charge in [-0.15, -0.1) is 0 Å². The third kappa shape index (κ3) is 2.75. The SMILES string of the molecule is C/C=C(\Oc1cccc(C(=O)O)c1O)C(=O)O. The van der Waals surface area contributed by atoms with Crippen LogP contribution in [0.15, 0.2) is 30.0 Å². The van der Waals surface area contributed by atoms with Crippen LogP contribution in [-0.2, 0) is 4.79 Å². The Morgan fingerprint density at radius 2 is 1.94 bits per heavy atom. The van der Waals surface area contributed by atoms with Crippen LogP contribution in [-0.4, -0.2) is 27.3 Å². The summed E-state index contributed by atoms with van der Waals surface area (Å²) in [6.45, 7) is 1.45. The second-order valence-corrected chi connectivity index (χ2v) is 3.02. The molecule has 0 aromatic heterocycles. The Bertz CT molecular complexity index is 489. The maximum absolute atomic E-state index is 10.7. The summed E-state index contributed by atoms with van der Waals surface area (Å²) in [6.07, 6.45) is 1.19. The highest BCUT2D eigenvalue weighted by Crippen LogP contribution is 2.31. The van der Waals surface area contributed by atoms with Crippen molar-refractivity contribution in [3.63, 3.8) is 0 Å². The molecule has 0 amide bonds. The minimum Gasteiger partial charge on any atom is -0.504 e. The van der Waals surface area contributed by atoms with Gasteiger partial charge in [-0.05, 0) is 25.1 Å². The lowest BCUT2D eigenvalue weighted by Gasteiger charge is -2.08. The number of aromatic hydroxyl groups is 1. The summed E-state index contributed by atoms with van der Waals surface area (Å²) in [7, 11) is 0. The predicted molar refractivity (Wildman–Crippen MR) is 57.1 cm³/mol. The summed E-state index contributed by atoms with van der Waals surface area (Å²) < 4.78 is 4.89. The number of carboxylic acid groups (broad SMARTS) is 2. The summed E-state index contributed by atoms with van der Waals surface area (Å²) in [4.78, 5) is 21.4. The van der Waals surface area contributed by atoms with Crippen LogP contribution in [0.2, 0.25) is 0 Å². The number of allylic oxidation sites excluding steroid dienone is 1. The molecule has 0 bridgehead atoms. The molecule has 1 aromatic rings.